The van der Waals surface area contributed by atoms with E-state index >= 15 is 0 Å². The van der Waals surface area contributed by atoms with Gasteiger partial charge < -0.3 is 5.32 Å². The van der Waals surface area contributed by atoms with Crippen LogP contribution in [0.4, 0.5) is 0 Å². The first-order valence-corrected chi connectivity index (χ1v) is 9.65. The van der Waals surface area contributed by atoms with Crippen LogP contribution in [0.3, 0.4) is 0 Å². The standard InChI is InChI=1S/C15H28N2O2S/c1-11(9-16-15-5-6-15)20(18,19)17(2)10-14-8-12-3-4-13(14)7-12/h11-16H,3-10H2,1-2H3. The lowest BCUT2D eigenvalue weighted by Crippen LogP contribution is -2.42. The Balaban J connectivity index is 1.52. The van der Waals surface area contributed by atoms with Crippen LogP contribution < -0.4 is 5.32 Å². The topological polar surface area (TPSA) is 49.4 Å². The molecule has 1 N–H and O–H groups in total. The molecule has 4 atom stereocenters. The zero-order chi connectivity index (χ0) is 14.3. The highest BCUT2D eigenvalue weighted by atomic mass is 32.2. The van der Waals surface area contributed by atoms with Gasteiger partial charge in [0.2, 0.25) is 10.0 Å². The van der Waals surface area contributed by atoms with E-state index < -0.39 is 10.0 Å². The van der Waals surface area contributed by atoms with Gasteiger partial charge in [-0.25, -0.2) is 12.7 Å². The third kappa shape index (κ3) is 3.04. The quantitative estimate of drug-likeness (QED) is 0.780. The molecule has 5 heteroatoms. The van der Waals surface area contributed by atoms with E-state index in [1.54, 1.807) is 11.4 Å². The molecule has 3 fully saturated rings. The average molecular weight is 300 g/mol. The molecule has 0 aromatic rings. The maximum atomic E-state index is 12.5. The predicted molar refractivity (Wildman–Crippen MR) is 81.0 cm³/mol. The number of sulfonamides is 1. The number of hydrogen-bond acceptors (Lipinski definition) is 3. The molecular weight excluding hydrogens is 272 g/mol. The Hall–Kier alpha value is -0.130. The van der Waals surface area contributed by atoms with Crippen molar-refractivity contribution in [2.75, 3.05) is 20.1 Å². The van der Waals surface area contributed by atoms with E-state index in [4.69, 9.17) is 0 Å². The molecule has 3 aliphatic carbocycles. The van der Waals surface area contributed by atoms with Crippen LogP contribution in [0.25, 0.3) is 0 Å². The van der Waals surface area contributed by atoms with E-state index in [9.17, 15) is 8.42 Å². The third-order valence-electron chi connectivity index (χ3n) is 5.59. The molecule has 0 radical (unpaired) electrons. The van der Waals surface area contributed by atoms with Crippen molar-refractivity contribution in [1.29, 1.82) is 0 Å². The minimum atomic E-state index is -3.14. The maximum Gasteiger partial charge on any atom is 0.217 e. The first-order chi connectivity index (χ1) is 9.46. The Morgan fingerprint density at radius 1 is 1.20 bits per heavy atom. The molecule has 3 aliphatic rings. The predicted octanol–water partition coefficient (Wildman–Crippen LogP) is 1.82. The molecule has 0 aromatic heterocycles. The summed E-state index contributed by atoms with van der Waals surface area (Å²) < 4.78 is 26.7. The number of fused-ring (bicyclic) bond motifs is 2. The summed E-state index contributed by atoms with van der Waals surface area (Å²) >= 11 is 0. The molecule has 0 amide bonds. The second-order valence-electron chi connectivity index (χ2n) is 7.25. The van der Waals surface area contributed by atoms with E-state index in [-0.39, 0.29) is 5.25 Å². The second kappa shape index (κ2) is 5.58. The monoisotopic (exact) mass is 300 g/mol. The minimum absolute atomic E-state index is 0.313. The summed E-state index contributed by atoms with van der Waals surface area (Å²) in [7, 11) is -1.37. The van der Waals surface area contributed by atoms with Crippen molar-refractivity contribution in [2.45, 2.75) is 56.7 Å². The molecule has 20 heavy (non-hydrogen) atoms. The summed E-state index contributed by atoms with van der Waals surface area (Å²) in [5, 5.41) is 3.02. The number of rotatable bonds is 7. The lowest BCUT2D eigenvalue weighted by Gasteiger charge is -2.28. The van der Waals surface area contributed by atoms with E-state index in [0.717, 1.165) is 18.4 Å². The largest absolute Gasteiger partial charge is 0.313 e. The number of hydrogen-bond donors (Lipinski definition) is 1. The normalized spacial score (nSPS) is 34.9. The van der Waals surface area contributed by atoms with Crippen molar-refractivity contribution in [1.82, 2.24) is 9.62 Å². The molecular formula is C15H28N2O2S. The van der Waals surface area contributed by atoms with Gasteiger partial charge in [0, 0.05) is 26.2 Å². The van der Waals surface area contributed by atoms with Crippen molar-refractivity contribution in [3.63, 3.8) is 0 Å². The summed E-state index contributed by atoms with van der Waals surface area (Å²) in [4.78, 5) is 0. The van der Waals surface area contributed by atoms with Crippen LogP contribution in [0, 0.1) is 17.8 Å². The minimum Gasteiger partial charge on any atom is -0.313 e. The zero-order valence-electron chi connectivity index (χ0n) is 12.7. The molecule has 3 saturated carbocycles. The van der Waals surface area contributed by atoms with Gasteiger partial charge in [0.15, 0.2) is 0 Å². The Labute approximate surface area is 123 Å². The van der Waals surface area contributed by atoms with Gasteiger partial charge in [0.25, 0.3) is 0 Å². The highest BCUT2D eigenvalue weighted by Crippen LogP contribution is 2.48. The van der Waals surface area contributed by atoms with Crippen LogP contribution in [0.1, 0.15) is 45.4 Å². The van der Waals surface area contributed by atoms with Gasteiger partial charge >= 0.3 is 0 Å². The molecule has 4 nitrogen and oxygen atoms in total. The molecule has 2 bridgehead atoms. The van der Waals surface area contributed by atoms with Crippen molar-refractivity contribution < 1.29 is 8.42 Å². The molecule has 0 aliphatic heterocycles. The third-order valence-corrected chi connectivity index (χ3v) is 7.79. The van der Waals surface area contributed by atoms with E-state index in [2.05, 4.69) is 5.32 Å². The van der Waals surface area contributed by atoms with Gasteiger partial charge in [-0.3, -0.25) is 0 Å². The van der Waals surface area contributed by atoms with Gasteiger partial charge in [0.1, 0.15) is 0 Å². The lowest BCUT2D eigenvalue weighted by atomic mass is 9.89. The summed E-state index contributed by atoms with van der Waals surface area (Å²) in [5.74, 6) is 2.28. The first kappa shape index (κ1) is 14.8. The SMILES string of the molecule is CC(CNC1CC1)S(=O)(=O)N(C)CC1CC2CCC1C2. The zero-order valence-corrected chi connectivity index (χ0v) is 13.5. The summed E-state index contributed by atoms with van der Waals surface area (Å²) in [6.45, 7) is 3.16. The molecule has 3 rings (SSSR count). The average Bonchev–Trinajstić information content (AvgIpc) is 3.02. The van der Waals surface area contributed by atoms with Crippen molar-refractivity contribution in [3.05, 3.63) is 0 Å². The van der Waals surface area contributed by atoms with Gasteiger partial charge in [-0.05, 0) is 56.8 Å². The number of nitrogens with one attached hydrogen (secondary N) is 1. The summed E-state index contributed by atoms with van der Waals surface area (Å²) in [6, 6.07) is 0.573. The molecule has 0 saturated heterocycles. The van der Waals surface area contributed by atoms with Gasteiger partial charge in [-0.2, -0.15) is 0 Å². The van der Waals surface area contributed by atoms with Gasteiger partial charge in [-0.1, -0.05) is 6.42 Å². The van der Waals surface area contributed by atoms with E-state index in [1.165, 1.54) is 38.5 Å². The van der Waals surface area contributed by atoms with Crippen LogP contribution in [0.15, 0.2) is 0 Å². The fourth-order valence-electron chi connectivity index (χ4n) is 4.07. The highest BCUT2D eigenvalue weighted by molar-refractivity contribution is 7.89. The highest BCUT2D eigenvalue weighted by Gasteiger charge is 2.41. The Morgan fingerprint density at radius 3 is 2.50 bits per heavy atom. The van der Waals surface area contributed by atoms with Crippen molar-refractivity contribution in [2.24, 2.45) is 17.8 Å². The van der Waals surface area contributed by atoms with Crippen LogP contribution in [0.2, 0.25) is 0 Å². The van der Waals surface area contributed by atoms with Crippen LogP contribution >= 0.6 is 0 Å². The summed E-state index contributed by atoms with van der Waals surface area (Å²) in [6.07, 6.45) is 7.69. The maximum absolute atomic E-state index is 12.5. The van der Waals surface area contributed by atoms with Crippen LogP contribution in [-0.2, 0) is 10.0 Å². The molecule has 0 heterocycles. The van der Waals surface area contributed by atoms with Gasteiger partial charge in [-0.15, -0.1) is 0 Å². The van der Waals surface area contributed by atoms with Crippen molar-refractivity contribution >= 4 is 10.0 Å². The van der Waals surface area contributed by atoms with Crippen LogP contribution in [-0.4, -0.2) is 44.2 Å². The van der Waals surface area contributed by atoms with Gasteiger partial charge in [0.05, 0.1) is 5.25 Å². The van der Waals surface area contributed by atoms with E-state index in [1.807, 2.05) is 6.92 Å². The van der Waals surface area contributed by atoms with Crippen molar-refractivity contribution in [3.8, 4) is 0 Å². The second-order valence-corrected chi connectivity index (χ2v) is 9.71. The fraction of sp³-hybridized carbons (Fsp3) is 1.00. The lowest BCUT2D eigenvalue weighted by molar-refractivity contribution is 0.279. The number of nitrogens with zero attached hydrogens (tertiary/aromatic N) is 1. The smallest absolute Gasteiger partial charge is 0.217 e. The molecule has 0 spiro atoms. The van der Waals surface area contributed by atoms with Crippen LogP contribution in [0.5, 0.6) is 0 Å². The molecule has 4 unspecified atom stereocenters. The molecule has 116 valence electrons. The Bertz CT molecular complexity index is 447. The summed E-state index contributed by atoms with van der Waals surface area (Å²) in [5.41, 5.74) is 0. The first-order valence-electron chi connectivity index (χ1n) is 8.15. The fourth-order valence-corrected chi connectivity index (χ4v) is 5.39. The Morgan fingerprint density at radius 2 is 1.95 bits per heavy atom. The molecule has 0 aromatic carbocycles. The Kier molecular flexibility index (Phi) is 4.13. The van der Waals surface area contributed by atoms with E-state index in [0.29, 0.717) is 18.5 Å².